The van der Waals surface area contributed by atoms with E-state index in [1.165, 1.54) is 7.11 Å². The number of carboxylic acids is 2. The molecule has 0 fully saturated rings. The number of methoxy groups -OCH3 is 1. The number of ether oxygens (including phenoxy) is 1. The number of nitrogens with zero attached hydrogens (tertiary/aromatic N) is 1. The van der Waals surface area contributed by atoms with Gasteiger partial charge in [0.05, 0.1) is 29.6 Å². The van der Waals surface area contributed by atoms with E-state index in [9.17, 15) is 19.8 Å². The Morgan fingerprint density at radius 3 is 1.77 bits per heavy atom. The first-order valence-corrected chi connectivity index (χ1v) is 6.49. The van der Waals surface area contributed by atoms with Gasteiger partial charge in [-0.05, 0) is 31.5 Å². The molecular formula is C16H15NO5. The van der Waals surface area contributed by atoms with Crippen LogP contribution in [0.4, 0.5) is 0 Å². The van der Waals surface area contributed by atoms with Crippen molar-refractivity contribution in [3.8, 4) is 16.9 Å². The number of pyridine rings is 1. The van der Waals surface area contributed by atoms with Crippen LogP contribution in [0.3, 0.4) is 0 Å². The first-order valence-electron chi connectivity index (χ1n) is 6.49. The van der Waals surface area contributed by atoms with E-state index in [0.29, 0.717) is 11.3 Å². The zero-order valence-electron chi connectivity index (χ0n) is 12.4. The van der Waals surface area contributed by atoms with Gasteiger partial charge in [-0.1, -0.05) is 12.1 Å². The second-order valence-electron chi connectivity index (χ2n) is 4.75. The molecular weight excluding hydrogens is 286 g/mol. The zero-order valence-corrected chi connectivity index (χ0v) is 12.4. The highest BCUT2D eigenvalue weighted by molar-refractivity contribution is 6.06. The Labute approximate surface area is 127 Å². The molecule has 1 aromatic carbocycles. The van der Waals surface area contributed by atoms with Crippen LogP contribution in [0.2, 0.25) is 0 Å². The van der Waals surface area contributed by atoms with Gasteiger partial charge in [-0.25, -0.2) is 9.59 Å². The molecule has 1 heterocycles. The van der Waals surface area contributed by atoms with Gasteiger partial charge in [0.25, 0.3) is 0 Å². The molecule has 1 aromatic heterocycles. The van der Waals surface area contributed by atoms with Gasteiger partial charge in [-0.2, -0.15) is 0 Å². The van der Waals surface area contributed by atoms with Crippen molar-refractivity contribution in [1.29, 1.82) is 0 Å². The van der Waals surface area contributed by atoms with Crippen LogP contribution in [0.25, 0.3) is 11.1 Å². The fraction of sp³-hybridized carbons (Fsp3) is 0.188. The topological polar surface area (TPSA) is 96.7 Å². The van der Waals surface area contributed by atoms with Crippen LogP contribution in [-0.2, 0) is 0 Å². The van der Waals surface area contributed by atoms with Crippen molar-refractivity contribution in [2.75, 3.05) is 7.11 Å². The van der Waals surface area contributed by atoms with Crippen LogP contribution in [0.5, 0.6) is 5.75 Å². The van der Waals surface area contributed by atoms with Crippen LogP contribution in [0.1, 0.15) is 32.1 Å². The maximum atomic E-state index is 11.6. The van der Waals surface area contributed by atoms with Crippen LogP contribution in [-0.4, -0.2) is 34.2 Å². The molecule has 0 aliphatic heterocycles. The minimum atomic E-state index is -1.21. The van der Waals surface area contributed by atoms with Crippen LogP contribution < -0.4 is 4.74 Å². The lowest BCUT2D eigenvalue weighted by atomic mass is 9.92. The van der Waals surface area contributed by atoms with Gasteiger partial charge in [0.15, 0.2) is 0 Å². The molecule has 114 valence electrons. The molecule has 0 unspecified atom stereocenters. The summed E-state index contributed by atoms with van der Waals surface area (Å²) >= 11 is 0. The number of carboxylic acid groups (broad SMARTS) is 2. The second kappa shape index (κ2) is 5.85. The van der Waals surface area contributed by atoms with E-state index < -0.39 is 11.9 Å². The Hall–Kier alpha value is -2.89. The predicted octanol–water partition coefficient (Wildman–Crippen LogP) is 2.77. The lowest BCUT2D eigenvalue weighted by molar-refractivity contribution is 0.0695. The molecule has 22 heavy (non-hydrogen) atoms. The fourth-order valence-electron chi connectivity index (χ4n) is 2.42. The highest BCUT2D eigenvalue weighted by atomic mass is 16.5. The van der Waals surface area contributed by atoms with Gasteiger partial charge in [0.1, 0.15) is 5.75 Å². The largest absolute Gasteiger partial charge is 0.497 e. The van der Waals surface area contributed by atoms with Gasteiger partial charge in [-0.15, -0.1) is 0 Å². The average molecular weight is 301 g/mol. The number of hydrogen-bond acceptors (Lipinski definition) is 4. The van der Waals surface area contributed by atoms with Crippen molar-refractivity contribution in [2.24, 2.45) is 0 Å². The van der Waals surface area contributed by atoms with E-state index in [0.717, 1.165) is 0 Å². The van der Waals surface area contributed by atoms with E-state index in [-0.39, 0.29) is 28.1 Å². The number of aryl methyl sites for hydroxylation is 2. The summed E-state index contributed by atoms with van der Waals surface area (Å²) < 4.78 is 5.06. The number of aromatic nitrogens is 1. The minimum Gasteiger partial charge on any atom is -0.497 e. The molecule has 0 spiro atoms. The van der Waals surface area contributed by atoms with E-state index in [4.69, 9.17) is 4.74 Å². The maximum absolute atomic E-state index is 11.6. The number of aromatic carboxylic acids is 2. The second-order valence-corrected chi connectivity index (χ2v) is 4.75. The van der Waals surface area contributed by atoms with Crippen LogP contribution in [0, 0.1) is 13.8 Å². The first kappa shape index (κ1) is 15.5. The third kappa shape index (κ3) is 2.63. The molecule has 0 bridgehead atoms. The van der Waals surface area contributed by atoms with Gasteiger partial charge in [-0.3, -0.25) is 4.98 Å². The Morgan fingerprint density at radius 1 is 0.955 bits per heavy atom. The molecule has 0 radical (unpaired) electrons. The molecule has 0 saturated carbocycles. The summed E-state index contributed by atoms with van der Waals surface area (Å²) in [5.74, 6) is -1.82. The fourth-order valence-corrected chi connectivity index (χ4v) is 2.42. The molecule has 6 heteroatoms. The zero-order chi connectivity index (χ0) is 16.4. The maximum Gasteiger partial charge on any atom is 0.338 e. The first-order chi connectivity index (χ1) is 10.4. The number of hydrogen-bond donors (Lipinski definition) is 2. The third-order valence-corrected chi connectivity index (χ3v) is 3.37. The summed E-state index contributed by atoms with van der Waals surface area (Å²) in [5.41, 5.74) is 1.000. The molecule has 2 aromatic rings. The molecule has 2 N–H and O–H groups in total. The van der Waals surface area contributed by atoms with Crippen molar-refractivity contribution in [2.45, 2.75) is 13.8 Å². The molecule has 2 rings (SSSR count). The highest BCUT2D eigenvalue weighted by Gasteiger charge is 2.25. The Bertz CT molecular complexity index is 712. The van der Waals surface area contributed by atoms with Crippen molar-refractivity contribution in [3.63, 3.8) is 0 Å². The molecule has 0 aliphatic carbocycles. The normalized spacial score (nSPS) is 10.3. The molecule has 0 aliphatic rings. The van der Waals surface area contributed by atoms with Crippen molar-refractivity contribution in [1.82, 2.24) is 4.98 Å². The number of benzene rings is 1. The summed E-state index contributed by atoms with van der Waals surface area (Å²) in [4.78, 5) is 27.2. The van der Waals surface area contributed by atoms with Gasteiger partial charge in [0, 0.05) is 5.56 Å². The summed E-state index contributed by atoms with van der Waals surface area (Å²) in [6.45, 7) is 3.10. The molecule has 0 atom stereocenters. The SMILES string of the molecule is COc1ccc(-c2c(C(=O)O)c(C)nc(C)c2C(=O)O)cc1. The minimum absolute atomic E-state index is 0.104. The summed E-state index contributed by atoms with van der Waals surface area (Å²) in [7, 11) is 1.51. The molecule has 6 nitrogen and oxygen atoms in total. The Morgan fingerprint density at radius 2 is 1.41 bits per heavy atom. The van der Waals surface area contributed by atoms with E-state index in [1.807, 2.05) is 0 Å². The van der Waals surface area contributed by atoms with Crippen molar-refractivity contribution in [3.05, 3.63) is 46.8 Å². The number of rotatable bonds is 4. The van der Waals surface area contributed by atoms with Gasteiger partial charge < -0.3 is 14.9 Å². The third-order valence-electron chi connectivity index (χ3n) is 3.37. The van der Waals surface area contributed by atoms with Gasteiger partial charge in [0.2, 0.25) is 0 Å². The smallest absolute Gasteiger partial charge is 0.338 e. The van der Waals surface area contributed by atoms with Crippen LogP contribution >= 0.6 is 0 Å². The lowest BCUT2D eigenvalue weighted by Gasteiger charge is -2.15. The Balaban J connectivity index is 2.85. The van der Waals surface area contributed by atoms with Gasteiger partial charge >= 0.3 is 11.9 Å². The quantitative estimate of drug-likeness (QED) is 0.901. The van der Waals surface area contributed by atoms with E-state index >= 15 is 0 Å². The standard InChI is InChI=1S/C16H15NO5/c1-8-12(15(18)19)14(13(16(20)21)9(2)17-8)10-4-6-11(22-3)7-5-10/h4-7H,1-3H3,(H,18,19)(H,20,21). The monoisotopic (exact) mass is 301 g/mol. The average Bonchev–Trinajstić information content (AvgIpc) is 2.45. The summed E-state index contributed by atoms with van der Waals surface area (Å²) in [6, 6.07) is 6.56. The predicted molar refractivity (Wildman–Crippen MR) is 79.6 cm³/mol. The summed E-state index contributed by atoms with van der Waals surface area (Å²) in [6.07, 6.45) is 0. The molecule has 0 saturated heterocycles. The number of carbonyl (C=O) groups is 2. The summed E-state index contributed by atoms with van der Waals surface area (Å²) in [5, 5.41) is 18.9. The molecule has 0 amide bonds. The van der Waals surface area contributed by atoms with Crippen molar-refractivity contribution < 1.29 is 24.5 Å². The Kier molecular flexibility index (Phi) is 4.12. The van der Waals surface area contributed by atoms with E-state index in [2.05, 4.69) is 4.98 Å². The van der Waals surface area contributed by atoms with E-state index in [1.54, 1.807) is 38.1 Å². The highest BCUT2D eigenvalue weighted by Crippen LogP contribution is 2.32. The van der Waals surface area contributed by atoms with Crippen LogP contribution in [0.15, 0.2) is 24.3 Å². The lowest BCUT2D eigenvalue weighted by Crippen LogP contribution is -2.13. The van der Waals surface area contributed by atoms with Crippen molar-refractivity contribution >= 4 is 11.9 Å².